The van der Waals surface area contributed by atoms with Crippen molar-refractivity contribution < 1.29 is 29.1 Å². The molecule has 3 fully saturated rings. The Labute approximate surface area is 301 Å². The van der Waals surface area contributed by atoms with Crippen LogP contribution >= 0.6 is 0 Å². The molecule has 3 amide bonds. The van der Waals surface area contributed by atoms with Crippen molar-refractivity contribution >= 4 is 29.5 Å². The molecule has 2 bridgehead atoms. The first-order valence-corrected chi connectivity index (χ1v) is 18.2. The second kappa shape index (κ2) is 18.4. The zero-order valence-electron chi connectivity index (χ0n) is 30.3. The molecule has 3 saturated heterocycles. The number of hydrogen-bond acceptors (Lipinski definition) is 8. The van der Waals surface area contributed by atoms with Gasteiger partial charge >= 0.3 is 5.97 Å². The minimum Gasteiger partial charge on any atom is -0.480 e. The van der Waals surface area contributed by atoms with Gasteiger partial charge in [-0.15, -0.1) is 0 Å². The van der Waals surface area contributed by atoms with Crippen LogP contribution in [0.25, 0.3) is 0 Å². The predicted octanol–water partition coefficient (Wildman–Crippen LogP) is 2.28. The summed E-state index contributed by atoms with van der Waals surface area (Å²) in [6, 6.07) is 17.1. The second-order valence-electron chi connectivity index (χ2n) is 14.9. The maximum Gasteiger partial charge on any atom is 0.317 e. The molecular formula is C39H56N6O6. The van der Waals surface area contributed by atoms with Crippen molar-refractivity contribution in [2.24, 2.45) is 23.3 Å². The van der Waals surface area contributed by atoms with Gasteiger partial charge in [-0.25, -0.2) is 0 Å². The summed E-state index contributed by atoms with van der Waals surface area (Å²) in [6.45, 7) is 6.86. The highest BCUT2D eigenvalue weighted by molar-refractivity contribution is 5.97. The first-order chi connectivity index (χ1) is 24.3. The van der Waals surface area contributed by atoms with E-state index in [0.29, 0.717) is 51.7 Å². The van der Waals surface area contributed by atoms with Crippen molar-refractivity contribution in [2.45, 2.75) is 102 Å². The maximum atomic E-state index is 14.3. The number of carboxylic acids is 1. The lowest BCUT2D eigenvalue weighted by Crippen LogP contribution is -2.71. The lowest BCUT2D eigenvalue weighted by molar-refractivity contribution is -0.154. The Morgan fingerprint density at radius 2 is 1.53 bits per heavy atom. The van der Waals surface area contributed by atoms with E-state index >= 15 is 0 Å². The number of fused-ring (bicyclic) bond motifs is 2. The van der Waals surface area contributed by atoms with Crippen LogP contribution in [0.15, 0.2) is 60.7 Å². The van der Waals surface area contributed by atoms with Crippen molar-refractivity contribution in [3.8, 4) is 0 Å². The summed E-state index contributed by atoms with van der Waals surface area (Å²) in [6.07, 6.45) is 3.35. The molecule has 5 rings (SSSR count). The number of rotatable bonds is 20. The minimum atomic E-state index is -1.35. The number of nitrogens with one attached hydrogen (secondary N) is 2. The van der Waals surface area contributed by atoms with E-state index in [1.807, 2.05) is 79.4 Å². The predicted molar refractivity (Wildman–Crippen MR) is 195 cm³/mol. The quantitative estimate of drug-likeness (QED) is 0.129. The van der Waals surface area contributed by atoms with E-state index in [1.54, 1.807) is 11.8 Å². The molecule has 2 aromatic carbocycles. The molecule has 0 aliphatic carbocycles. The molecule has 6 unspecified atom stereocenters. The van der Waals surface area contributed by atoms with Gasteiger partial charge in [0.15, 0.2) is 5.78 Å². The van der Waals surface area contributed by atoms with Gasteiger partial charge in [0.2, 0.25) is 17.7 Å². The standard InChI is InChI=1S/C39H56N6O6/c1-26(2)18-29(36(49)42-33(16-10-11-17-40)38(51)44-23-30-21-31(24-44)45(30)25-35(47)48)20-34(46)39(3,22-28-14-8-5-9-15-28)43-37(50)32(41)19-27-12-6-4-7-13-27/h4-9,12-15,26,29-33H,10-11,16-25,40-41H2,1-3H3,(H,42,49)(H,43,50)(H,47,48). The zero-order chi connectivity index (χ0) is 37.1. The van der Waals surface area contributed by atoms with Crippen LogP contribution in [0.5, 0.6) is 0 Å². The first kappa shape index (κ1) is 39.7. The summed E-state index contributed by atoms with van der Waals surface area (Å²) in [5.41, 5.74) is 12.5. The summed E-state index contributed by atoms with van der Waals surface area (Å²) < 4.78 is 0. The molecule has 0 radical (unpaired) electrons. The highest BCUT2D eigenvalue weighted by Crippen LogP contribution is 2.32. The molecule has 2 aromatic rings. The van der Waals surface area contributed by atoms with Crippen molar-refractivity contribution in [2.75, 3.05) is 26.2 Å². The van der Waals surface area contributed by atoms with E-state index in [0.717, 1.165) is 17.5 Å². The van der Waals surface area contributed by atoms with Crippen molar-refractivity contribution in [1.29, 1.82) is 0 Å². The highest BCUT2D eigenvalue weighted by atomic mass is 16.4. The topological polar surface area (TPSA) is 188 Å². The Hall–Kier alpha value is -4.13. The summed E-state index contributed by atoms with van der Waals surface area (Å²) in [5.74, 6) is -2.90. The van der Waals surface area contributed by atoms with Crippen LogP contribution in [0.3, 0.4) is 0 Å². The van der Waals surface area contributed by atoms with Crippen LogP contribution < -0.4 is 22.1 Å². The third kappa shape index (κ3) is 11.2. The molecule has 278 valence electrons. The Morgan fingerprint density at radius 1 is 0.922 bits per heavy atom. The van der Waals surface area contributed by atoms with Gasteiger partial charge < -0.3 is 32.1 Å². The molecule has 0 spiro atoms. The second-order valence-corrected chi connectivity index (χ2v) is 14.9. The van der Waals surface area contributed by atoms with Gasteiger partial charge in [0.25, 0.3) is 0 Å². The molecule has 12 nitrogen and oxygen atoms in total. The fourth-order valence-electron chi connectivity index (χ4n) is 7.38. The molecule has 51 heavy (non-hydrogen) atoms. The lowest BCUT2D eigenvalue weighted by atomic mass is 9.81. The van der Waals surface area contributed by atoms with Crippen LogP contribution in [0.4, 0.5) is 0 Å². The number of piperazine rings is 1. The molecule has 3 heterocycles. The lowest BCUT2D eigenvalue weighted by Gasteiger charge is -2.56. The van der Waals surface area contributed by atoms with Gasteiger partial charge in [-0.05, 0) is 69.0 Å². The maximum absolute atomic E-state index is 14.3. The number of carbonyl (C=O) groups excluding carboxylic acids is 4. The van der Waals surface area contributed by atoms with Gasteiger partial charge in [0.1, 0.15) is 6.04 Å². The average Bonchev–Trinajstić information content (AvgIpc) is 3.10. The van der Waals surface area contributed by atoms with Crippen LogP contribution in [-0.2, 0) is 36.8 Å². The number of piperidine rings is 1. The number of nitrogens with zero attached hydrogens (tertiary/aromatic N) is 2. The number of carboxylic acid groups (broad SMARTS) is 1. The molecule has 7 N–H and O–H groups in total. The van der Waals surface area contributed by atoms with Gasteiger partial charge in [-0.2, -0.15) is 0 Å². The third-order valence-electron chi connectivity index (χ3n) is 10.1. The number of aliphatic carboxylic acids is 1. The van der Waals surface area contributed by atoms with Gasteiger partial charge in [0, 0.05) is 43.9 Å². The number of benzene rings is 2. The Kier molecular flexibility index (Phi) is 14.3. The first-order valence-electron chi connectivity index (χ1n) is 18.2. The van der Waals surface area contributed by atoms with Gasteiger partial charge in [0.05, 0.1) is 18.1 Å². The summed E-state index contributed by atoms with van der Waals surface area (Å²) in [5, 5.41) is 15.2. The SMILES string of the molecule is CC(C)CC(CC(=O)C(C)(Cc1ccccc1)NC(=O)C(N)Cc1ccccc1)C(=O)NC(CCCCN)C(=O)N1CC2CC(C1)N2CC(=O)O. The number of carbonyl (C=O) groups is 5. The average molecular weight is 705 g/mol. The minimum absolute atomic E-state index is 0.0196. The van der Waals surface area contributed by atoms with Crippen molar-refractivity contribution in [3.05, 3.63) is 71.8 Å². The smallest absolute Gasteiger partial charge is 0.317 e. The Balaban J connectivity index is 1.50. The zero-order valence-corrected chi connectivity index (χ0v) is 30.3. The van der Waals surface area contributed by atoms with E-state index in [4.69, 9.17) is 11.5 Å². The van der Waals surface area contributed by atoms with E-state index in [-0.39, 0.29) is 55.0 Å². The fourth-order valence-corrected chi connectivity index (χ4v) is 7.38. The molecule has 6 atom stereocenters. The van der Waals surface area contributed by atoms with E-state index in [1.165, 1.54) is 0 Å². The normalized spacial score (nSPS) is 20.0. The summed E-state index contributed by atoms with van der Waals surface area (Å²) >= 11 is 0. The number of nitrogens with two attached hydrogens (primary N) is 2. The molecular weight excluding hydrogens is 648 g/mol. The number of hydrogen-bond donors (Lipinski definition) is 5. The van der Waals surface area contributed by atoms with E-state index in [9.17, 15) is 29.1 Å². The summed E-state index contributed by atoms with van der Waals surface area (Å²) in [4.78, 5) is 70.8. The van der Waals surface area contributed by atoms with Gasteiger partial charge in [-0.3, -0.25) is 28.9 Å². The van der Waals surface area contributed by atoms with Crippen LogP contribution in [0, 0.1) is 11.8 Å². The van der Waals surface area contributed by atoms with Crippen LogP contribution in [0.1, 0.15) is 70.4 Å². The van der Waals surface area contributed by atoms with Gasteiger partial charge in [-0.1, -0.05) is 74.5 Å². The largest absolute Gasteiger partial charge is 0.480 e. The Morgan fingerprint density at radius 3 is 2.10 bits per heavy atom. The number of Topliss-reactive ketones (excluding diaryl/α,β-unsaturated/α-hetero) is 1. The molecule has 0 aromatic heterocycles. The van der Waals surface area contributed by atoms with Crippen molar-refractivity contribution in [3.63, 3.8) is 0 Å². The van der Waals surface area contributed by atoms with Crippen LogP contribution in [-0.4, -0.2) is 100 Å². The van der Waals surface area contributed by atoms with E-state index in [2.05, 4.69) is 10.6 Å². The molecule has 3 aliphatic heterocycles. The highest BCUT2D eigenvalue weighted by Gasteiger charge is 2.47. The summed E-state index contributed by atoms with van der Waals surface area (Å²) in [7, 11) is 0. The fraction of sp³-hybridized carbons (Fsp3) is 0.564. The number of ketones is 1. The molecule has 0 saturated carbocycles. The monoisotopic (exact) mass is 704 g/mol. The van der Waals surface area contributed by atoms with Crippen LogP contribution in [0.2, 0.25) is 0 Å². The third-order valence-corrected chi connectivity index (χ3v) is 10.1. The molecule has 3 aliphatic rings. The number of amides is 3. The van der Waals surface area contributed by atoms with Crippen molar-refractivity contribution in [1.82, 2.24) is 20.4 Å². The molecule has 12 heteroatoms. The Bertz CT molecular complexity index is 1480. The number of unbranched alkanes of at least 4 members (excludes halogenated alkanes) is 1. The van der Waals surface area contributed by atoms with E-state index < -0.39 is 35.4 Å².